The predicted octanol–water partition coefficient (Wildman–Crippen LogP) is 2.59. The first kappa shape index (κ1) is 12.4. The van der Waals surface area contributed by atoms with E-state index in [9.17, 15) is 0 Å². The van der Waals surface area contributed by atoms with Gasteiger partial charge in [-0.25, -0.2) is 0 Å². The van der Waals surface area contributed by atoms with Gasteiger partial charge < -0.3 is 10.6 Å². The van der Waals surface area contributed by atoms with E-state index in [2.05, 4.69) is 43.9 Å². The van der Waals surface area contributed by atoms with Crippen molar-refractivity contribution in [2.45, 2.75) is 39.7 Å². The highest BCUT2D eigenvalue weighted by atomic mass is 15.1. The first-order valence-electron chi connectivity index (χ1n) is 6.68. The molecule has 1 aromatic rings. The monoisotopic (exact) mass is 232 g/mol. The molecule has 94 valence electrons. The molecule has 0 fully saturated rings. The third kappa shape index (κ3) is 3.01. The van der Waals surface area contributed by atoms with E-state index in [1.807, 2.05) is 0 Å². The maximum Gasteiger partial charge on any atom is 0.0402 e. The first-order chi connectivity index (χ1) is 8.06. The Bertz CT molecular complexity index is 383. The number of nitrogens with two attached hydrogens (primary N) is 1. The lowest BCUT2D eigenvalue weighted by molar-refractivity contribution is 0.622. The summed E-state index contributed by atoms with van der Waals surface area (Å²) < 4.78 is 0. The van der Waals surface area contributed by atoms with Crippen LogP contribution in [0.5, 0.6) is 0 Å². The largest absolute Gasteiger partial charge is 0.371 e. The molecule has 0 aliphatic carbocycles. The Kier molecular flexibility index (Phi) is 3.72. The van der Waals surface area contributed by atoms with E-state index >= 15 is 0 Å². The number of fused-ring (bicyclic) bond motifs is 1. The van der Waals surface area contributed by atoms with Crippen LogP contribution in [-0.2, 0) is 12.8 Å². The van der Waals surface area contributed by atoms with Gasteiger partial charge in [-0.05, 0) is 42.9 Å². The Morgan fingerprint density at radius 2 is 2.06 bits per heavy atom. The lowest BCUT2D eigenvalue weighted by Crippen LogP contribution is -2.25. The van der Waals surface area contributed by atoms with Crippen molar-refractivity contribution in [3.63, 3.8) is 0 Å². The highest BCUT2D eigenvalue weighted by molar-refractivity contribution is 5.59. The quantitative estimate of drug-likeness (QED) is 0.864. The van der Waals surface area contributed by atoms with Gasteiger partial charge in [0.15, 0.2) is 0 Å². The second-order valence-corrected chi connectivity index (χ2v) is 5.73. The van der Waals surface area contributed by atoms with E-state index in [-0.39, 0.29) is 6.04 Å². The highest BCUT2D eigenvalue weighted by Gasteiger charge is 2.19. The molecule has 0 radical (unpaired) electrons. The van der Waals surface area contributed by atoms with Crippen LogP contribution >= 0.6 is 0 Å². The molecule has 0 aromatic heterocycles. The number of hydrogen-bond donors (Lipinski definition) is 1. The summed E-state index contributed by atoms with van der Waals surface area (Å²) in [7, 11) is 0. The summed E-state index contributed by atoms with van der Waals surface area (Å²) in [6.45, 7) is 8.97. The lowest BCUT2D eigenvalue weighted by Gasteiger charge is -2.22. The van der Waals surface area contributed by atoms with Gasteiger partial charge >= 0.3 is 0 Å². The minimum atomic E-state index is 0.244. The summed E-state index contributed by atoms with van der Waals surface area (Å²) >= 11 is 0. The van der Waals surface area contributed by atoms with Crippen molar-refractivity contribution in [1.82, 2.24) is 0 Å². The Balaban J connectivity index is 2.18. The summed E-state index contributed by atoms with van der Waals surface area (Å²) in [5.41, 5.74) is 10.2. The van der Waals surface area contributed by atoms with Crippen LogP contribution in [0.1, 0.15) is 31.9 Å². The van der Waals surface area contributed by atoms with E-state index in [0.717, 1.165) is 18.9 Å². The molecule has 1 heterocycles. The molecule has 2 heteroatoms. The molecule has 2 N–H and O–H groups in total. The molecule has 0 saturated heterocycles. The molecule has 2 rings (SSSR count). The van der Waals surface area contributed by atoms with Gasteiger partial charge in [0.2, 0.25) is 0 Å². The molecule has 1 aliphatic rings. The Hall–Kier alpha value is -1.02. The third-order valence-electron chi connectivity index (χ3n) is 3.28. The van der Waals surface area contributed by atoms with E-state index in [0.29, 0.717) is 0 Å². The molecule has 1 aromatic carbocycles. The van der Waals surface area contributed by atoms with Gasteiger partial charge in [-0.3, -0.25) is 0 Å². The molecule has 0 amide bonds. The fourth-order valence-corrected chi connectivity index (χ4v) is 2.62. The summed E-state index contributed by atoms with van der Waals surface area (Å²) in [6, 6.07) is 7.11. The maximum absolute atomic E-state index is 5.87. The summed E-state index contributed by atoms with van der Waals surface area (Å²) in [5, 5.41) is 0. The molecular formula is C15H24N2. The van der Waals surface area contributed by atoms with Gasteiger partial charge in [-0.15, -0.1) is 0 Å². The van der Waals surface area contributed by atoms with Crippen LogP contribution in [0.3, 0.4) is 0 Å². The van der Waals surface area contributed by atoms with Crippen LogP contribution in [0.2, 0.25) is 0 Å². The Morgan fingerprint density at radius 1 is 1.29 bits per heavy atom. The van der Waals surface area contributed by atoms with Crippen molar-refractivity contribution in [1.29, 1.82) is 0 Å². The number of benzene rings is 1. The molecule has 1 aliphatic heterocycles. The SMILES string of the molecule is CC(C)CN1CCc2ccc(CC(C)N)cc21. The third-order valence-corrected chi connectivity index (χ3v) is 3.28. The Labute approximate surface area is 105 Å². The van der Waals surface area contributed by atoms with Gasteiger partial charge in [0.05, 0.1) is 0 Å². The van der Waals surface area contributed by atoms with Crippen molar-refractivity contribution in [3.05, 3.63) is 29.3 Å². The summed E-state index contributed by atoms with van der Waals surface area (Å²) in [5.74, 6) is 0.720. The van der Waals surface area contributed by atoms with Gasteiger partial charge in [0, 0.05) is 24.8 Å². The van der Waals surface area contributed by atoms with E-state index in [4.69, 9.17) is 5.73 Å². The fraction of sp³-hybridized carbons (Fsp3) is 0.600. The highest BCUT2D eigenvalue weighted by Crippen LogP contribution is 2.29. The second kappa shape index (κ2) is 5.09. The van der Waals surface area contributed by atoms with Crippen LogP contribution in [0.25, 0.3) is 0 Å². The number of nitrogens with zero attached hydrogens (tertiary/aromatic N) is 1. The van der Waals surface area contributed by atoms with Crippen molar-refractivity contribution in [2.24, 2.45) is 11.7 Å². The fourth-order valence-electron chi connectivity index (χ4n) is 2.62. The van der Waals surface area contributed by atoms with Gasteiger partial charge in [-0.2, -0.15) is 0 Å². The first-order valence-corrected chi connectivity index (χ1v) is 6.68. The molecule has 0 bridgehead atoms. The zero-order valence-corrected chi connectivity index (χ0v) is 11.2. The predicted molar refractivity (Wildman–Crippen MR) is 74.6 cm³/mol. The molecule has 1 atom stereocenters. The molecule has 2 nitrogen and oxygen atoms in total. The van der Waals surface area contributed by atoms with Crippen molar-refractivity contribution >= 4 is 5.69 Å². The van der Waals surface area contributed by atoms with Crippen LogP contribution in [0.4, 0.5) is 5.69 Å². The average Bonchev–Trinajstić information content (AvgIpc) is 2.59. The smallest absolute Gasteiger partial charge is 0.0402 e. The average molecular weight is 232 g/mol. The molecule has 17 heavy (non-hydrogen) atoms. The van der Waals surface area contributed by atoms with Crippen LogP contribution in [-0.4, -0.2) is 19.1 Å². The van der Waals surface area contributed by atoms with Gasteiger partial charge in [-0.1, -0.05) is 26.0 Å². The lowest BCUT2D eigenvalue weighted by atomic mass is 10.0. The van der Waals surface area contributed by atoms with Gasteiger partial charge in [0.25, 0.3) is 0 Å². The second-order valence-electron chi connectivity index (χ2n) is 5.73. The van der Waals surface area contributed by atoms with Crippen molar-refractivity contribution in [3.8, 4) is 0 Å². The van der Waals surface area contributed by atoms with E-state index in [1.165, 1.54) is 29.8 Å². The summed E-state index contributed by atoms with van der Waals surface area (Å²) in [6.07, 6.45) is 2.17. The number of rotatable bonds is 4. The summed E-state index contributed by atoms with van der Waals surface area (Å²) in [4.78, 5) is 2.52. The van der Waals surface area contributed by atoms with Crippen molar-refractivity contribution < 1.29 is 0 Å². The zero-order valence-electron chi connectivity index (χ0n) is 11.2. The molecule has 0 saturated carbocycles. The molecular weight excluding hydrogens is 208 g/mol. The Morgan fingerprint density at radius 3 is 2.71 bits per heavy atom. The van der Waals surface area contributed by atoms with E-state index < -0.39 is 0 Å². The maximum atomic E-state index is 5.87. The molecule has 1 unspecified atom stereocenters. The van der Waals surface area contributed by atoms with Crippen LogP contribution in [0, 0.1) is 5.92 Å². The van der Waals surface area contributed by atoms with Crippen LogP contribution in [0.15, 0.2) is 18.2 Å². The normalized spacial score (nSPS) is 16.4. The minimum Gasteiger partial charge on any atom is -0.371 e. The zero-order chi connectivity index (χ0) is 12.4. The minimum absolute atomic E-state index is 0.244. The standard InChI is InChI=1S/C15H24N2/c1-11(2)10-17-7-6-14-5-4-13(8-12(3)16)9-15(14)17/h4-5,9,11-12H,6-8,10,16H2,1-3H3. The van der Waals surface area contributed by atoms with Crippen molar-refractivity contribution in [2.75, 3.05) is 18.0 Å². The number of hydrogen-bond acceptors (Lipinski definition) is 2. The van der Waals surface area contributed by atoms with Crippen LogP contribution < -0.4 is 10.6 Å². The number of anilines is 1. The topological polar surface area (TPSA) is 29.3 Å². The van der Waals surface area contributed by atoms with E-state index in [1.54, 1.807) is 0 Å². The van der Waals surface area contributed by atoms with Gasteiger partial charge in [0.1, 0.15) is 0 Å². The molecule has 0 spiro atoms.